The molecule has 0 amide bonds. The van der Waals surface area contributed by atoms with Crippen LogP contribution in [0.15, 0.2) is 0 Å². The summed E-state index contributed by atoms with van der Waals surface area (Å²) in [6.07, 6.45) is 6.75. The molecule has 1 aliphatic heterocycles. The highest BCUT2D eigenvalue weighted by Gasteiger charge is 2.28. The highest BCUT2D eigenvalue weighted by Crippen LogP contribution is 2.29. The first kappa shape index (κ1) is 10.4. The molecule has 1 heterocycles. The first-order valence-corrected chi connectivity index (χ1v) is 6.23. The molecule has 2 fully saturated rings. The second-order valence-corrected chi connectivity index (χ2v) is 5.35. The van der Waals surface area contributed by atoms with Gasteiger partial charge in [-0.1, -0.05) is 6.92 Å². The summed E-state index contributed by atoms with van der Waals surface area (Å²) in [5, 5.41) is 0. The van der Waals surface area contributed by atoms with Crippen molar-refractivity contribution in [1.82, 2.24) is 4.90 Å². The van der Waals surface area contributed by atoms with Crippen molar-refractivity contribution >= 4 is 0 Å². The molecule has 3 unspecified atom stereocenters. The van der Waals surface area contributed by atoms with Crippen LogP contribution in [0.4, 0.5) is 0 Å². The minimum absolute atomic E-state index is 0.479. The molecule has 1 aliphatic carbocycles. The average Bonchev–Trinajstić information content (AvgIpc) is 2.64. The summed E-state index contributed by atoms with van der Waals surface area (Å²) in [7, 11) is 0. The van der Waals surface area contributed by atoms with E-state index in [9.17, 15) is 0 Å². The van der Waals surface area contributed by atoms with Crippen LogP contribution in [-0.2, 0) is 0 Å². The zero-order valence-electron chi connectivity index (χ0n) is 9.41. The van der Waals surface area contributed by atoms with Gasteiger partial charge in [0.25, 0.3) is 0 Å². The molecule has 0 spiro atoms. The van der Waals surface area contributed by atoms with Crippen molar-refractivity contribution < 1.29 is 0 Å². The minimum atomic E-state index is 0.479. The Morgan fingerprint density at radius 2 is 1.93 bits per heavy atom. The topological polar surface area (TPSA) is 29.3 Å². The third-order valence-corrected chi connectivity index (χ3v) is 3.99. The van der Waals surface area contributed by atoms with Gasteiger partial charge in [0.15, 0.2) is 0 Å². The van der Waals surface area contributed by atoms with Crippen molar-refractivity contribution in [2.45, 2.75) is 45.1 Å². The fourth-order valence-electron chi connectivity index (χ4n) is 3.03. The van der Waals surface area contributed by atoms with Crippen molar-refractivity contribution in [2.75, 3.05) is 19.6 Å². The Bertz CT molecular complexity index is 175. The Balaban J connectivity index is 1.82. The Labute approximate surface area is 87.8 Å². The van der Waals surface area contributed by atoms with Gasteiger partial charge < -0.3 is 10.6 Å². The predicted octanol–water partition coefficient (Wildman–Crippen LogP) is 1.85. The maximum Gasteiger partial charge on any atom is 0.00795 e. The summed E-state index contributed by atoms with van der Waals surface area (Å²) in [5.74, 6) is 1.68. The molecule has 2 rings (SSSR count). The number of hydrogen-bond acceptors (Lipinski definition) is 2. The molecule has 14 heavy (non-hydrogen) atoms. The zero-order chi connectivity index (χ0) is 9.97. The monoisotopic (exact) mass is 196 g/mol. The summed E-state index contributed by atoms with van der Waals surface area (Å²) in [4.78, 5) is 2.61. The first-order valence-electron chi connectivity index (χ1n) is 6.23. The van der Waals surface area contributed by atoms with Crippen LogP contribution in [-0.4, -0.2) is 30.6 Å². The van der Waals surface area contributed by atoms with Crippen molar-refractivity contribution in [3.8, 4) is 0 Å². The standard InChI is InChI=1S/C12H24N2/c1-10-4-5-12(13)11(8-10)9-14-6-2-3-7-14/h10-12H,2-9,13H2,1H3. The van der Waals surface area contributed by atoms with E-state index in [1.807, 2.05) is 0 Å². The van der Waals surface area contributed by atoms with E-state index in [1.165, 1.54) is 51.7 Å². The highest BCUT2D eigenvalue weighted by atomic mass is 15.1. The lowest BCUT2D eigenvalue weighted by molar-refractivity contribution is 0.180. The van der Waals surface area contributed by atoms with Crippen LogP contribution < -0.4 is 5.73 Å². The summed E-state index contributed by atoms with van der Waals surface area (Å²) < 4.78 is 0. The van der Waals surface area contributed by atoms with Gasteiger partial charge in [-0.2, -0.15) is 0 Å². The molecular formula is C12H24N2. The lowest BCUT2D eigenvalue weighted by atomic mass is 9.79. The van der Waals surface area contributed by atoms with Gasteiger partial charge in [0, 0.05) is 12.6 Å². The fraction of sp³-hybridized carbons (Fsp3) is 1.00. The molecule has 2 nitrogen and oxygen atoms in total. The van der Waals surface area contributed by atoms with E-state index in [1.54, 1.807) is 0 Å². The van der Waals surface area contributed by atoms with Gasteiger partial charge >= 0.3 is 0 Å². The molecule has 0 aromatic carbocycles. The maximum atomic E-state index is 6.19. The average molecular weight is 196 g/mol. The van der Waals surface area contributed by atoms with Gasteiger partial charge in [0.05, 0.1) is 0 Å². The highest BCUT2D eigenvalue weighted by molar-refractivity contribution is 4.84. The summed E-state index contributed by atoms with van der Waals surface area (Å²) in [6.45, 7) is 6.28. The Morgan fingerprint density at radius 3 is 2.64 bits per heavy atom. The molecule has 1 saturated heterocycles. The van der Waals surface area contributed by atoms with Crippen molar-refractivity contribution in [1.29, 1.82) is 0 Å². The van der Waals surface area contributed by atoms with Gasteiger partial charge in [0.1, 0.15) is 0 Å². The second-order valence-electron chi connectivity index (χ2n) is 5.35. The van der Waals surface area contributed by atoms with Crippen LogP contribution in [0.2, 0.25) is 0 Å². The van der Waals surface area contributed by atoms with Gasteiger partial charge in [0.2, 0.25) is 0 Å². The van der Waals surface area contributed by atoms with E-state index >= 15 is 0 Å². The maximum absolute atomic E-state index is 6.19. The lowest BCUT2D eigenvalue weighted by Gasteiger charge is -2.35. The molecule has 82 valence electrons. The Morgan fingerprint density at radius 1 is 1.21 bits per heavy atom. The molecule has 2 aliphatic rings. The van der Waals surface area contributed by atoms with Crippen LogP contribution in [0.25, 0.3) is 0 Å². The fourth-order valence-corrected chi connectivity index (χ4v) is 3.03. The van der Waals surface area contributed by atoms with Crippen LogP contribution in [0.3, 0.4) is 0 Å². The quantitative estimate of drug-likeness (QED) is 0.730. The molecule has 1 saturated carbocycles. The largest absolute Gasteiger partial charge is 0.327 e. The van der Waals surface area contributed by atoms with Gasteiger partial charge in [-0.15, -0.1) is 0 Å². The van der Waals surface area contributed by atoms with Crippen LogP contribution >= 0.6 is 0 Å². The number of nitrogens with zero attached hydrogens (tertiary/aromatic N) is 1. The zero-order valence-corrected chi connectivity index (χ0v) is 9.41. The Kier molecular flexibility index (Phi) is 3.45. The lowest BCUT2D eigenvalue weighted by Crippen LogP contribution is -2.42. The van der Waals surface area contributed by atoms with Crippen LogP contribution in [0, 0.1) is 11.8 Å². The summed E-state index contributed by atoms with van der Waals surface area (Å²) >= 11 is 0. The van der Waals surface area contributed by atoms with Gasteiger partial charge in [-0.25, -0.2) is 0 Å². The smallest absolute Gasteiger partial charge is 0.00795 e. The number of rotatable bonds is 2. The molecular weight excluding hydrogens is 172 g/mol. The van der Waals surface area contributed by atoms with Gasteiger partial charge in [-0.3, -0.25) is 0 Å². The van der Waals surface area contributed by atoms with E-state index in [4.69, 9.17) is 5.73 Å². The third kappa shape index (κ3) is 2.48. The summed E-state index contributed by atoms with van der Waals surface area (Å²) in [5.41, 5.74) is 6.19. The van der Waals surface area contributed by atoms with Crippen LogP contribution in [0.1, 0.15) is 39.0 Å². The molecule has 2 heteroatoms. The van der Waals surface area contributed by atoms with Crippen molar-refractivity contribution in [2.24, 2.45) is 17.6 Å². The van der Waals surface area contributed by atoms with Crippen molar-refractivity contribution in [3.05, 3.63) is 0 Å². The summed E-state index contributed by atoms with van der Waals surface area (Å²) in [6, 6.07) is 0.479. The van der Waals surface area contributed by atoms with Crippen LogP contribution in [0.5, 0.6) is 0 Å². The van der Waals surface area contributed by atoms with E-state index in [-0.39, 0.29) is 0 Å². The second kappa shape index (κ2) is 4.63. The SMILES string of the molecule is CC1CCC(N)C(CN2CCCC2)C1. The third-order valence-electron chi connectivity index (χ3n) is 3.99. The van der Waals surface area contributed by atoms with Crippen molar-refractivity contribution in [3.63, 3.8) is 0 Å². The normalized spacial score (nSPS) is 40.3. The minimum Gasteiger partial charge on any atom is -0.327 e. The van der Waals surface area contributed by atoms with E-state index in [2.05, 4.69) is 11.8 Å². The molecule has 0 aromatic heterocycles. The molecule has 2 N–H and O–H groups in total. The first-order chi connectivity index (χ1) is 6.75. The molecule has 0 bridgehead atoms. The number of nitrogens with two attached hydrogens (primary N) is 1. The van der Waals surface area contributed by atoms with Gasteiger partial charge in [-0.05, 0) is 57.0 Å². The number of likely N-dealkylation sites (tertiary alicyclic amines) is 1. The molecule has 3 atom stereocenters. The van der Waals surface area contributed by atoms with E-state index in [0.717, 1.165) is 11.8 Å². The Hall–Kier alpha value is -0.0800. The van der Waals surface area contributed by atoms with E-state index in [0.29, 0.717) is 6.04 Å². The number of hydrogen-bond donors (Lipinski definition) is 1. The molecule has 0 aromatic rings. The van der Waals surface area contributed by atoms with E-state index < -0.39 is 0 Å². The molecule has 0 radical (unpaired) electrons. The predicted molar refractivity (Wildman–Crippen MR) is 60.2 cm³/mol.